The highest BCUT2D eigenvalue weighted by atomic mass is 32.2. The Balaban J connectivity index is 3.02. The molecule has 0 aromatic heterocycles. The maximum atomic E-state index is 13.5. The van der Waals surface area contributed by atoms with Crippen LogP contribution in [-0.4, -0.2) is 39.9 Å². The average molecular weight is 277 g/mol. The first-order valence-electron chi connectivity index (χ1n) is 5.29. The average Bonchev–Trinajstić information content (AvgIpc) is 2.31. The maximum Gasteiger partial charge on any atom is 0.243 e. The van der Waals surface area contributed by atoms with Crippen molar-refractivity contribution in [3.8, 4) is 0 Å². The summed E-state index contributed by atoms with van der Waals surface area (Å²) in [6.07, 6.45) is 0. The number of hydrogen-bond acceptors (Lipinski definition) is 4. The minimum absolute atomic E-state index is 0.00314. The summed E-state index contributed by atoms with van der Waals surface area (Å²) in [7, 11) is -2.63. The van der Waals surface area contributed by atoms with Gasteiger partial charge in [-0.05, 0) is 24.6 Å². The fourth-order valence-electron chi connectivity index (χ4n) is 1.42. The van der Waals surface area contributed by atoms with E-state index in [1.54, 1.807) is 6.92 Å². The lowest BCUT2D eigenvalue weighted by molar-refractivity contribution is 0.139. The third-order valence-corrected chi connectivity index (χ3v) is 3.82. The van der Waals surface area contributed by atoms with Gasteiger partial charge in [0.05, 0.1) is 19.3 Å². The molecule has 2 N–H and O–H groups in total. The molecular weight excluding hydrogens is 261 g/mol. The lowest BCUT2D eigenvalue weighted by atomic mass is 10.2. The highest BCUT2D eigenvalue weighted by Gasteiger charge is 2.23. The number of hydrogen-bond donors (Lipinski definition) is 2. The topological polar surface area (TPSA) is 75.6 Å². The fourth-order valence-corrected chi connectivity index (χ4v) is 2.80. The van der Waals surface area contributed by atoms with Gasteiger partial charge in [0.15, 0.2) is 0 Å². The Hall–Kier alpha value is -1.02. The summed E-state index contributed by atoms with van der Waals surface area (Å²) in [5.74, 6) is -0.831. The van der Waals surface area contributed by atoms with E-state index in [2.05, 4.69) is 4.72 Å². The van der Waals surface area contributed by atoms with Gasteiger partial charge in [-0.15, -0.1) is 0 Å². The quantitative estimate of drug-likeness (QED) is 0.790. The van der Waals surface area contributed by atoms with Crippen molar-refractivity contribution < 1.29 is 22.7 Å². The molecule has 0 heterocycles. The van der Waals surface area contributed by atoms with Crippen molar-refractivity contribution in [2.24, 2.45) is 0 Å². The van der Waals surface area contributed by atoms with E-state index in [0.29, 0.717) is 5.56 Å². The summed E-state index contributed by atoms with van der Waals surface area (Å²) < 4.78 is 44.3. The summed E-state index contributed by atoms with van der Waals surface area (Å²) in [6, 6.07) is 3.00. The van der Waals surface area contributed by atoms with Crippen molar-refractivity contribution >= 4 is 10.0 Å². The van der Waals surface area contributed by atoms with Crippen molar-refractivity contribution in [1.82, 2.24) is 4.72 Å². The Morgan fingerprint density at radius 1 is 1.50 bits per heavy atom. The predicted octanol–water partition coefficient (Wildman–Crippen LogP) is 0.420. The summed E-state index contributed by atoms with van der Waals surface area (Å²) in [5, 5.41) is 8.99. The lowest BCUT2D eigenvalue weighted by Crippen LogP contribution is -2.40. The van der Waals surface area contributed by atoms with E-state index in [0.717, 1.165) is 6.07 Å². The highest BCUT2D eigenvalue weighted by molar-refractivity contribution is 7.89. The van der Waals surface area contributed by atoms with Gasteiger partial charge < -0.3 is 9.84 Å². The Bertz CT molecular complexity index is 504. The highest BCUT2D eigenvalue weighted by Crippen LogP contribution is 2.16. The number of rotatable bonds is 6. The van der Waals surface area contributed by atoms with E-state index < -0.39 is 33.4 Å². The number of aliphatic hydroxyl groups excluding tert-OH is 1. The molecule has 0 aliphatic rings. The second-order valence-electron chi connectivity index (χ2n) is 3.89. The van der Waals surface area contributed by atoms with Crippen molar-refractivity contribution in [2.45, 2.75) is 17.9 Å². The van der Waals surface area contributed by atoms with Gasteiger partial charge in [-0.25, -0.2) is 17.5 Å². The number of sulfonamides is 1. The Morgan fingerprint density at radius 3 is 2.72 bits per heavy atom. The summed E-state index contributed by atoms with van der Waals surface area (Å²) in [4.78, 5) is -0.433. The Morgan fingerprint density at radius 2 is 2.17 bits per heavy atom. The number of methoxy groups -OCH3 is 1. The van der Waals surface area contributed by atoms with Crippen LogP contribution in [0, 0.1) is 12.7 Å². The van der Waals surface area contributed by atoms with Crippen molar-refractivity contribution in [2.75, 3.05) is 20.3 Å². The standard InChI is InChI=1S/C11H16FNO4S/c1-8-3-4-10(12)11(5-8)18(15,16)13-9(6-14)7-17-2/h3-5,9,13-14H,6-7H2,1-2H3. The van der Waals surface area contributed by atoms with Crippen molar-refractivity contribution in [3.63, 3.8) is 0 Å². The number of aliphatic hydroxyl groups is 1. The molecule has 0 bridgehead atoms. The van der Waals surface area contributed by atoms with Gasteiger partial charge in [0.2, 0.25) is 10.0 Å². The molecule has 102 valence electrons. The SMILES string of the molecule is COCC(CO)NS(=O)(=O)c1cc(C)ccc1F. The van der Waals surface area contributed by atoms with E-state index >= 15 is 0 Å². The zero-order valence-corrected chi connectivity index (χ0v) is 11.0. The molecule has 1 rings (SSSR count). The van der Waals surface area contributed by atoms with Crippen LogP contribution in [0.15, 0.2) is 23.1 Å². The van der Waals surface area contributed by atoms with Crippen LogP contribution in [0.5, 0.6) is 0 Å². The van der Waals surface area contributed by atoms with Crippen LogP contribution in [-0.2, 0) is 14.8 Å². The van der Waals surface area contributed by atoms with Crippen molar-refractivity contribution in [1.29, 1.82) is 0 Å². The second-order valence-corrected chi connectivity index (χ2v) is 5.57. The molecule has 0 spiro atoms. The smallest absolute Gasteiger partial charge is 0.243 e. The van der Waals surface area contributed by atoms with Crippen LogP contribution in [0.25, 0.3) is 0 Å². The molecule has 0 fully saturated rings. The second kappa shape index (κ2) is 6.24. The third-order valence-electron chi connectivity index (χ3n) is 2.29. The monoisotopic (exact) mass is 277 g/mol. The number of aryl methyl sites for hydroxylation is 1. The minimum atomic E-state index is -4.01. The van der Waals surface area contributed by atoms with Gasteiger partial charge in [0, 0.05) is 7.11 Å². The van der Waals surface area contributed by atoms with Gasteiger partial charge in [-0.3, -0.25) is 0 Å². The molecule has 1 aromatic carbocycles. The van der Waals surface area contributed by atoms with Gasteiger partial charge in [0.1, 0.15) is 10.7 Å². The maximum absolute atomic E-state index is 13.5. The van der Waals surface area contributed by atoms with Crippen LogP contribution in [0.1, 0.15) is 5.56 Å². The van der Waals surface area contributed by atoms with Crippen LogP contribution in [0.3, 0.4) is 0 Å². The first-order chi connectivity index (χ1) is 8.40. The fraction of sp³-hybridized carbons (Fsp3) is 0.455. The van der Waals surface area contributed by atoms with E-state index in [1.807, 2.05) is 0 Å². The predicted molar refractivity (Wildman–Crippen MR) is 64.2 cm³/mol. The third kappa shape index (κ3) is 3.74. The number of halogens is 1. The largest absolute Gasteiger partial charge is 0.395 e. The first kappa shape index (κ1) is 15.0. The Kier molecular flexibility index (Phi) is 5.21. The van der Waals surface area contributed by atoms with Crippen LogP contribution in [0.4, 0.5) is 4.39 Å². The molecule has 0 amide bonds. The lowest BCUT2D eigenvalue weighted by Gasteiger charge is -2.16. The molecule has 0 aliphatic heterocycles. The number of ether oxygens (including phenoxy) is 1. The van der Waals surface area contributed by atoms with Crippen LogP contribution in [0.2, 0.25) is 0 Å². The first-order valence-corrected chi connectivity index (χ1v) is 6.77. The molecule has 0 saturated heterocycles. The van der Waals surface area contributed by atoms with Gasteiger partial charge >= 0.3 is 0 Å². The van der Waals surface area contributed by atoms with Crippen molar-refractivity contribution in [3.05, 3.63) is 29.6 Å². The molecule has 0 aliphatic carbocycles. The van der Waals surface area contributed by atoms with E-state index in [-0.39, 0.29) is 6.61 Å². The molecule has 0 radical (unpaired) electrons. The zero-order chi connectivity index (χ0) is 13.8. The normalized spacial score (nSPS) is 13.6. The van der Waals surface area contributed by atoms with Crippen LogP contribution >= 0.6 is 0 Å². The van der Waals surface area contributed by atoms with Crippen LogP contribution < -0.4 is 4.72 Å². The molecule has 18 heavy (non-hydrogen) atoms. The molecule has 1 unspecified atom stereocenters. The molecule has 7 heteroatoms. The zero-order valence-electron chi connectivity index (χ0n) is 10.2. The van der Waals surface area contributed by atoms with Gasteiger partial charge in [-0.2, -0.15) is 0 Å². The Labute approximate surface area is 106 Å². The van der Waals surface area contributed by atoms with Gasteiger partial charge in [0.25, 0.3) is 0 Å². The molecule has 0 saturated carbocycles. The number of nitrogens with one attached hydrogen (secondary N) is 1. The molecule has 1 aromatic rings. The van der Waals surface area contributed by atoms with E-state index in [1.165, 1.54) is 19.2 Å². The van der Waals surface area contributed by atoms with E-state index in [9.17, 15) is 12.8 Å². The molecule has 5 nitrogen and oxygen atoms in total. The summed E-state index contributed by atoms with van der Waals surface area (Å²) in [5.41, 5.74) is 0.629. The summed E-state index contributed by atoms with van der Waals surface area (Å²) >= 11 is 0. The van der Waals surface area contributed by atoms with E-state index in [4.69, 9.17) is 9.84 Å². The molecular formula is C11H16FNO4S. The molecule has 1 atom stereocenters. The summed E-state index contributed by atoms with van der Waals surface area (Å²) in [6.45, 7) is 1.24. The minimum Gasteiger partial charge on any atom is -0.395 e. The van der Waals surface area contributed by atoms with Gasteiger partial charge in [-0.1, -0.05) is 6.07 Å². The number of benzene rings is 1.